The van der Waals surface area contributed by atoms with Gasteiger partial charge in [0, 0.05) is 36.5 Å². The highest BCUT2D eigenvalue weighted by Crippen LogP contribution is 2.31. The maximum absolute atomic E-state index is 13.9. The number of benzene rings is 1. The number of fused-ring (bicyclic) bond motifs is 4. The van der Waals surface area contributed by atoms with E-state index in [2.05, 4.69) is 5.32 Å². The first-order valence-corrected chi connectivity index (χ1v) is 10.5. The van der Waals surface area contributed by atoms with Crippen molar-refractivity contribution in [2.75, 3.05) is 11.7 Å². The molecule has 8 nitrogen and oxygen atoms in total. The van der Waals surface area contributed by atoms with Gasteiger partial charge in [0.2, 0.25) is 5.43 Å². The van der Waals surface area contributed by atoms with Gasteiger partial charge in [-0.15, -0.1) is 0 Å². The van der Waals surface area contributed by atoms with Gasteiger partial charge < -0.3 is 15.3 Å². The molecule has 1 aromatic heterocycles. The quantitative estimate of drug-likeness (QED) is 0.481. The van der Waals surface area contributed by atoms with E-state index in [4.69, 9.17) is 0 Å². The third-order valence-electron chi connectivity index (χ3n) is 5.90. The number of nitrogens with zero attached hydrogens (tertiary/aromatic N) is 3. The third kappa shape index (κ3) is 4.50. The van der Waals surface area contributed by atoms with Crippen LogP contribution in [0, 0.1) is 17.5 Å². The molecule has 0 radical (unpaired) electrons. The first kappa shape index (κ1) is 25.1. The summed E-state index contributed by atoms with van der Waals surface area (Å²) in [5.74, 6) is -7.07. The summed E-state index contributed by atoms with van der Waals surface area (Å²) in [6, 6.07) is -1.25. The maximum Gasteiger partial charge on any atom is 0.391 e. The van der Waals surface area contributed by atoms with Crippen molar-refractivity contribution in [2.45, 2.75) is 38.1 Å². The average molecular weight is 516 g/mol. The summed E-state index contributed by atoms with van der Waals surface area (Å²) in [5.41, 5.74) is -3.47. The largest absolute Gasteiger partial charge is 0.502 e. The SMILES string of the molecule is C[C@H]1C=C[C@@H](CC(F)(F)F)N2CN1C(=O)c1c(O)c(=O)c(C(=O)NCc3c(F)cc(F)cc3F)cn12. The Morgan fingerprint density at radius 2 is 1.78 bits per heavy atom. The number of carbonyl (C=O) groups is 2. The van der Waals surface area contributed by atoms with Crippen LogP contribution in [0.1, 0.15) is 39.8 Å². The van der Waals surface area contributed by atoms with E-state index in [1.54, 1.807) is 6.92 Å². The number of halogens is 6. The number of alkyl halides is 3. The summed E-state index contributed by atoms with van der Waals surface area (Å²) in [6.45, 7) is 0.380. The van der Waals surface area contributed by atoms with Gasteiger partial charge in [0.15, 0.2) is 11.4 Å². The molecule has 14 heteroatoms. The minimum absolute atomic E-state index is 0.351. The molecule has 2 aromatic rings. The molecule has 3 heterocycles. The van der Waals surface area contributed by atoms with Crippen LogP contribution in [0.2, 0.25) is 0 Å². The lowest BCUT2D eigenvalue weighted by Gasteiger charge is -2.42. The molecule has 2 aliphatic heterocycles. The number of aromatic nitrogens is 1. The molecule has 0 aliphatic carbocycles. The second kappa shape index (κ2) is 8.91. The lowest BCUT2D eigenvalue weighted by Crippen LogP contribution is -2.58. The van der Waals surface area contributed by atoms with Crippen molar-refractivity contribution in [3.63, 3.8) is 0 Å². The van der Waals surface area contributed by atoms with Crippen molar-refractivity contribution in [3.8, 4) is 5.75 Å². The normalized spacial score (nSPS) is 19.2. The highest BCUT2D eigenvalue weighted by molar-refractivity contribution is 5.99. The molecule has 2 atom stereocenters. The molecule has 2 aliphatic rings. The van der Waals surface area contributed by atoms with Crippen molar-refractivity contribution in [2.24, 2.45) is 0 Å². The zero-order valence-electron chi connectivity index (χ0n) is 18.4. The molecule has 0 unspecified atom stereocenters. The highest BCUT2D eigenvalue weighted by Gasteiger charge is 2.42. The van der Waals surface area contributed by atoms with Crippen LogP contribution in [0.15, 0.2) is 35.3 Å². The number of hydrogen-bond donors (Lipinski definition) is 2. The second-order valence-corrected chi connectivity index (χ2v) is 8.31. The Morgan fingerprint density at radius 1 is 1.14 bits per heavy atom. The standard InChI is InChI=1S/C22H18F6N4O4/c1-10-2-3-12(6-22(26,27)28)32-9-30(10)21(36)17-19(34)18(33)14(8-31(17)32)20(35)29-7-13-15(24)4-11(23)5-16(13)25/h2-5,8,10,12,34H,6-7,9H2,1H3,(H,29,35)/t10-,12-/m0/s1. The zero-order valence-corrected chi connectivity index (χ0v) is 18.4. The summed E-state index contributed by atoms with van der Waals surface area (Å²) >= 11 is 0. The Morgan fingerprint density at radius 3 is 2.39 bits per heavy atom. The van der Waals surface area contributed by atoms with Crippen molar-refractivity contribution < 1.29 is 41.0 Å². The van der Waals surface area contributed by atoms with Crippen LogP contribution in [0.5, 0.6) is 5.75 Å². The molecule has 36 heavy (non-hydrogen) atoms. The van der Waals surface area contributed by atoms with Crippen molar-refractivity contribution >= 4 is 11.8 Å². The second-order valence-electron chi connectivity index (χ2n) is 8.31. The smallest absolute Gasteiger partial charge is 0.391 e. The molecular formula is C22H18F6N4O4. The van der Waals surface area contributed by atoms with Gasteiger partial charge >= 0.3 is 6.18 Å². The predicted octanol–water partition coefficient (Wildman–Crippen LogP) is 2.53. The average Bonchev–Trinajstić information content (AvgIpc) is 2.90. The van der Waals surface area contributed by atoms with E-state index in [-0.39, 0.29) is 6.67 Å². The van der Waals surface area contributed by atoms with Gasteiger partial charge in [0.25, 0.3) is 11.8 Å². The molecule has 0 fully saturated rings. The van der Waals surface area contributed by atoms with Crippen LogP contribution in [0.25, 0.3) is 0 Å². The fraction of sp³-hybridized carbons (Fsp3) is 0.318. The predicted molar refractivity (Wildman–Crippen MR) is 112 cm³/mol. The monoisotopic (exact) mass is 516 g/mol. The zero-order chi connectivity index (χ0) is 26.5. The van der Waals surface area contributed by atoms with Crippen LogP contribution in [-0.2, 0) is 6.54 Å². The maximum atomic E-state index is 13.9. The van der Waals surface area contributed by atoms with Gasteiger partial charge in [-0.3, -0.25) is 24.1 Å². The summed E-state index contributed by atoms with van der Waals surface area (Å²) in [5, 5.41) is 13.6. The molecule has 2 amide bonds. The Kier molecular flexibility index (Phi) is 6.22. The number of aromatic hydroxyl groups is 1. The summed E-state index contributed by atoms with van der Waals surface area (Å²) < 4.78 is 81.4. The summed E-state index contributed by atoms with van der Waals surface area (Å²) in [4.78, 5) is 39.5. The van der Waals surface area contributed by atoms with E-state index >= 15 is 0 Å². The van der Waals surface area contributed by atoms with Crippen LogP contribution in [-0.4, -0.2) is 51.4 Å². The first-order valence-electron chi connectivity index (χ1n) is 10.5. The number of nitrogens with one attached hydrogen (secondary N) is 1. The van der Waals surface area contributed by atoms with E-state index in [1.165, 1.54) is 12.2 Å². The molecule has 0 spiro atoms. The Balaban J connectivity index is 1.74. The highest BCUT2D eigenvalue weighted by atomic mass is 19.4. The van der Waals surface area contributed by atoms with E-state index in [0.29, 0.717) is 12.1 Å². The van der Waals surface area contributed by atoms with Crippen molar-refractivity contribution in [1.82, 2.24) is 14.9 Å². The molecular weight excluding hydrogens is 498 g/mol. The topological polar surface area (TPSA) is 94.9 Å². The number of amides is 2. The van der Waals surface area contributed by atoms with Gasteiger partial charge in [-0.25, -0.2) is 13.2 Å². The van der Waals surface area contributed by atoms with E-state index in [9.17, 15) is 45.8 Å². The molecule has 0 saturated heterocycles. The van der Waals surface area contributed by atoms with Crippen LogP contribution in [0.3, 0.4) is 0 Å². The van der Waals surface area contributed by atoms with E-state index in [1.807, 2.05) is 0 Å². The lowest BCUT2D eigenvalue weighted by atomic mass is 10.1. The molecule has 2 bridgehead atoms. The molecule has 2 N–H and O–H groups in total. The molecule has 192 valence electrons. The van der Waals surface area contributed by atoms with Gasteiger partial charge in [0.1, 0.15) is 29.7 Å². The molecule has 1 aromatic carbocycles. The molecule has 4 rings (SSSR count). The van der Waals surface area contributed by atoms with E-state index < -0.39 is 88.5 Å². The lowest BCUT2D eigenvalue weighted by molar-refractivity contribution is -0.137. The van der Waals surface area contributed by atoms with Gasteiger partial charge in [-0.1, -0.05) is 12.2 Å². The van der Waals surface area contributed by atoms with Gasteiger partial charge in [-0.2, -0.15) is 13.2 Å². The number of pyridine rings is 1. The van der Waals surface area contributed by atoms with Crippen LogP contribution < -0.4 is 15.8 Å². The minimum atomic E-state index is -4.61. The fourth-order valence-corrected chi connectivity index (χ4v) is 4.06. The molecule has 0 saturated carbocycles. The Bertz CT molecular complexity index is 1320. The fourth-order valence-electron chi connectivity index (χ4n) is 4.06. The summed E-state index contributed by atoms with van der Waals surface area (Å²) in [6.07, 6.45) is -2.55. The van der Waals surface area contributed by atoms with Gasteiger partial charge in [-0.05, 0) is 6.92 Å². The van der Waals surface area contributed by atoms with Crippen molar-refractivity contribution in [3.05, 3.63) is 75.0 Å². The Hall–Kier alpha value is -3.97. The minimum Gasteiger partial charge on any atom is -0.502 e. The van der Waals surface area contributed by atoms with Crippen LogP contribution >= 0.6 is 0 Å². The number of hydrogen-bond acceptors (Lipinski definition) is 5. The Labute approximate surface area is 199 Å². The number of rotatable bonds is 4. The first-order chi connectivity index (χ1) is 16.8. The third-order valence-corrected chi connectivity index (χ3v) is 5.90. The summed E-state index contributed by atoms with van der Waals surface area (Å²) in [7, 11) is 0. The van der Waals surface area contributed by atoms with E-state index in [0.717, 1.165) is 20.8 Å². The number of carbonyl (C=O) groups excluding carboxylic acids is 2. The van der Waals surface area contributed by atoms with Gasteiger partial charge in [0.05, 0.1) is 12.5 Å². The van der Waals surface area contributed by atoms with Crippen molar-refractivity contribution in [1.29, 1.82) is 0 Å². The van der Waals surface area contributed by atoms with Crippen LogP contribution in [0.4, 0.5) is 26.3 Å².